The van der Waals surface area contributed by atoms with Crippen molar-refractivity contribution in [2.75, 3.05) is 13.2 Å². The van der Waals surface area contributed by atoms with Gasteiger partial charge in [0.15, 0.2) is 5.41 Å². The van der Waals surface area contributed by atoms with Gasteiger partial charge in [-0.3, -0.25) is 9.59 Å². The molecule has 4 heteroatoms. The standard InChI is InChI=1S/C25H32O4/c1-5-28-22(26)25(23(27)29-6-2)16-19-15-24(3,4)21(20(19)17-25)14-10-13-18-11-8-7-9-12-18/h7-9,11-12,15H,5-6,10,13-14,16-17H2,1-4H3. The molecule has 0 heterocycles. The third-order valence-electron chi connectivity index (χ3n) is 6.10. The SMILES string of the molecule is CCOC(=O)C1(C(=O)OCC)CC2=CC(C)(C)C(CCCc3ccccc3)=C2C1. The average Bonchev–Trinajstić information content (AvgIpc) is 3.15. The van der Waals surface area contributed by atoms with E-state index >= 15 is 0 Å². The predicted octanol–water partition coefficient (Wildman–Crippen LogP) is 5.18. The molecule has 0 spiro atoms. The number of hydrogen-bond acceptors (Lipinski definition) is 4. The maximum atomic E-state index is 12.8. The second-order valence-corrected chi connectivity index (χ2v) is 8.56. The van der Waals surface area contributed by atoms with Gasteiger partial charge in [0.2, 0.25) is 0 Å². The van der Waals surface area contributed by atoms with Crippen LogP contribution in [0.4, 0.5) is 0 Å². The van der Waals surface area contributed by atoms with Gasteiger partial charge in [0.05, 0.1) is 13.2 Å². The molecule has 1 aromatic rings. The maximum Gasteiger partial charge on any atom is 0.324 e. The molecule has 0 N–H and O–H groups in total. The first-order chi connectivity index (χ1) is 13.8. The lowest BCUT2D eigenvalue weighted by atomic mass is 9.78. The number of allylic oxidation sites excluding steroid dienone is 4. The Labute approximate surface area is 174 Å². The highest BCUT2D eigenvalue weighted by atomic mass is 16.6. The smallest absolute Gasteiger partial charge is 0.324 e. The van der Waals surface area contributed by atoms with Gasteiger partial charge in [-0.1, -0.05) is 55.8 Å². The topological polar surface area (TPSA) is 52.6 Å². The first-order valence-electron chi connectivity index (χ1n) is 10.7. The molecule has 4 nitrogen and oxygen atoms in total. The number of hydrogen-bond donors (Lipinski definition) is 0. The lowest BCUT2D eigenvalue weighted by Crippen LogP contribution is -2.40. The summed E-state index contributed by atoms with van der Waals surface area (Å²) in [6.45, 7) is 8.49. The van der Waals surface area contributed by atoms with Gasteiger partial charge in [-0.05, 0) is 62.7 Å². The summed E-state index contributed by atoms with van der Waals surface area (Å²) in [5.41, 5.74) is 3.69. The minimum Gasteiger partial charge on any atom is -0.465 e. The highest BCUT2D eigenvalue weighted by molar-refractivity contribution is 6.02. The van der Waals surface area contributed by atoms with Crippen LogP contribution >= 0.6 is 0 Å². The molecular formula is C25H32O4. The van der Waals surface area contributed by atoms with Crippen LogP contribution in [-0.4, -0.2) is 25.2 Å². The van der Waals surface area contributed by atoms with Gasteiger partial charge in [-0.15, -0.1) is 0 Å². The molecular weight excluding hydrogens is 364 g/mol. The van der Waals surface area contributed by atoms with Gasteiger partial charge < -0.3 is 9.47 Å². The van der Waals surface area contributed by atoms with Crippen molar-refractivity contribution in [3.63, 3.8) is 0 Å². The van der Waals surface area contributed by atoms with Gasteiger partial charge in [0.25, 0.3) is 0 Å². The number of fused-ring (bicyclic) bond motifs is 1. The van der Waals surface area contributed by atoms with Crippen molar-refractivity contribution in [3.8, 4) is 0 Å². The summed E-state index contributed by atoms with van der Waals surface area (Å²) in [5.74, 6) is -0.912. The molecule has 1 fully saturated rings. The summed E-state index contributed by atoms with van der Waals surface area (Å²) >= 11 is 0. The fourth-order valence-corrected chi connectivity index (χ4v) is 4.76. The quantitative estimate of drug-likeness (QED) is 0.449. The van der Waals surface area contributed by atoms with E-state index in [9.17, 15) is 9.59 Å². The molecule has 0 saturated heterocycles. The molecule has 2 aliphatic carbocycles. The molecule has 0 radical (unpaired) electrons. The number of rotatable bonds is 8. The Balaban J connectivity index is 1.84. The zero-order chi connectivity index (χ0) is 21.1. The number of carbonyl (C=O) groups excluding carboxylic acids is 2. The summed E-state index contributed by atoms with van der Waals surface area (Å²) in [7, 11) is 0. The zero-order valence-corrected chi connectivity index (χ0v) is 18.0. The summed E-state index contributed by atoms with van der Waals surface area (Å²) in [6.07, 6.45) is 6.02. The molecule has 2 aliphatic rings. The molecule has 0 amide bonds. The van der Waals surface area contributed by atoms with Crippen LogP contribution in [0.2, 0.25) is 0 Å². The minimum atomic E-state index is -1.23. The van der Waals surface area contributed by atoms with E-state index in [-0.39, 0.29) is 18.6 Å². The Kier molecular flexibility index (Phi) is 6.30. The van der Waals surface area contributed by atoms with Gasteiger partial charge in [-0.2, -0.15) is 0 Å². The molecule has 0 aliphatic heterocycles. The summed E-state index contributed by atoms with van der Waals surface area (Å²) in [5, 5.41) is 0. The largest absolute Gasteiger partial charge is 0.465 e. The molecule has 0 bridgehead atoms. The highest BCUT2D eigenvalue weighted by Crippen LogP contribution is 2.56. The normalized spacial score (nSPS) is 19.0. The predicted molar refractivity (Wildman–Crippen MR) is 113 cm³/mol. The van der Waals surface area contributed by atoms with Crippen LogP contribution in [0.15, 0.2) is 53.1 Å². The fourth-order valence-electron chi connectivity index (χ4n) is 4.76. The van der Waals surface area contributed by atoms with E-state index in [0.29, 0.717) is 12.8 Å². The first-order valence-corrected chi connectivity index (χ1v) is 10.7. The Morgan fingerprint density at radius 2 is 1.55 bits per heavy atom. The number of esters is 2. The van der Waals surface area contributed by atoms with Crippen LogP contribution in [0.25, 0.3) is 0 Å². The second-order valence-electron chi connectivity index (χ2n) is 8.56. The first kappa shape index (κ1) is 21.4. The number of benzene rings is 1. The van der Waals surface area contributed by atoms with Crippen LogP contribution in [0.5, 0.6) is 0 Å². The Bertz CT molecular complexity index is 812. The van der Waals surface area contributed by atoms with Crippen molar-refractivity contribution in [2.24, 2.45) is 10.8 Å². The van der Waals surface area contributed by atoms with Crippen LogP contribution in [0.3, 0.4) is 0 Å². The molecule has 29 heavy (non-hydrogen) atoms. The van der Waals surface area contributed by atoms with Crippen molar-refractivity contribution in [3.05, 3.63) is 58.7 Å². The van der Waals surface area contributed by atoms with Crippen molar-refractivity contribution in [1.29, 1.82) is 0 Å². The molecule has 1 aromatic carbocycles. The lowest BCUT2D eigenvalue weighted by Gasteiger charge is -2.27. The van der Waals surface area contributed by atoms with Crippen molar-refractivity contribution in [1.82, 2.24) is 0 Å². The molecule has 3 rings (SSSR count). The van der Waals surface area contributed by atoms with Crippen molar-refractivity contribution < 1.29 is 19.1 Å². The Morgan fingerprint density at radius 1 is 0.931 bits per heavy atom. The van der Waals surface area contributed by atoms with Gasteiger partial charge >= 0.3 is 11.9 Å². The second kappa shape index (κ2) is 8.56. The highest BCUT2D eigenvalue weighted by Gasteiger charge is 2.56. The lowest BCUT2D eigenvalue weighted by molar-refractivity contribution is -0.171. The third-order valence-corrected chi connectivity index (χ3v) is 6.10. The van der Waals surface area contributed by atoms with E-state index in [1.54, 1.807) is 13.8 Å². The third kappa shape index (κ3) is 4.17. The number of ether oxygens (including phenoxy) is 2. The van der Waals surface area contributed by atoms with Crippen LogP contribution in [0, 0.1) is 10.8 Å². The van der Waals surface area contributed by atoms with E-state index in [1.807, 2.05) is 6.07 Å². The summed E-state index contributed by atoms with van der Waals surface area (Å²) in [6, 6.07) is 10.5. The number of aryl methyl sites for hydroxylation is 1. The zero-order valence-electron chi connectivity index (χ0n) is 18.0. The minimum absolute atomic E-state index is 0.0448. The molecule has 0 atom stereocenters. The van der Waals surface area contributed by atoms with Crippen LogP contribution in [-0.2, 0) is 25.5 Å². The van der Waals surface area contributed by atoms with Crippen LogP contribution in [0.1, 0.15) is 58.9 Å². The van der Waals surface area contributed by atoms with Crippen LogP contribution < -0.4 is 0 Å². The van der Waals surface area contributed by atoms with E-state index in [0.717, 1.165) is 24.8 Å². The van der Waals surface area contributed by atoms with Crippen molar-refractivity contribution >= 4 is 11.9 Å². The van der Waals surface area contributed by atoms with E-state index in [4.69, 9.17) is 9.47 Å². The Hall–Kier alpha value is -2.36. The summed E-state index contributed by atoms with van der Waals surface area (Å²) in [4.78, 5) is 25.6. The van der Waals surface area contributed by atoms with Crippen molar-refractivity contribution in [2.45, 2.75) is 59.8 Å². The molecule has 0 aromatic heterocycles. The Morgan fingerprint density at radius 3 is 2.14 bits per heavy atom. The molecule has 156 valence electrons. The molecule has 1 saturated carbocycles. The maximum absolute atomic E-state index is 12.8. The van der Waals surface area contributed by atoms with Gasteiger partial charge in [0.1, 0.15) is 0 Å². The number of carbonyl (C=O) groups is 2. The van der Waals surface area contributed by atoms with E-state index in [1.165, 1.54) is 16.7 Å². The monoisotopic (exact) mass is 396 g/mol. The fraction of sp³-hybridized carbons (Fsp3) is 0.520. The van der Waals surface area contributed by atoms with Gasteiger partial charge in [0, 0.05) is 5.41 Å². The molecule has 0 unspecified atom stereocenters. The van der Waals surface area contributed by atoms with E-state index in [2.05, 4.69) is 44.2 Å². The summed E-state index contributed by atoms with van der Waals surface area (Å²) < 4.78 is 10.6. The van der Waals surface area contributed by atoms with E-state index < -0.39 is 17.4 Å². The van der Waals surface area contributed by atoms with Gasteiger partial charge in [-0.25, -0.2) is 0 Å². The average molecular weight is 397 g/mol.